The van der Waals surface area contributed by atoms with Gasteiger partial charge in [-0.3, -0.25) is 4.79 Å². The molecule has 0 saturated carbocycles. The van der Waals surface area contributed by atoms with Gasteiger partial charge >= 0.3 is 0 Å². The average Bonchev–Trinajstić information content (AvgIpc) is 3.25. The lowest BCUT2D eigenvalue weighted by molar-refractivity contribution is -0.116. The first-order valence-corrected chi connectivity index (χ1v) is 10.00. The molecule has 4 nitrogen and oxygen atoms in total. The van der Waals surface area contributed by atoms with Crippen LogP contribution in [0.1, 0.15) is 21.1 Å². The summed E-state index contributed by atoms with van der Waals surface area (Å²) in [4.78, 5) is 17.3. The third kappa shape index (κ3) is 5.69. The highest BCUT2D eigenvalue weighted by molar-refractivity contribution is 7.16. The van der Waals surface area contributed by atoms with Gasteiger partial charge in [-0.1, -0.05) is 23.7 Å². The fourth-order valence-electron chi connectivity index (χ4n) is 2.16. The van der Waals surface area contributed by atoms with E-state index in [1.54, 1.807) is 17.4 Å². The number of carbonyl (C=O) groups excluding carboxylic acids is 1. The van der Waals surface area contributed by atoms with Crippen molar-refractivity contribution < 1.29 is 9.53 Å². The number of benzene rings is 1. The largest absolute Gasteiger partial charge is 0.487 e. The summed E-state index contributed by atoms with van der Waals surface area (Å²) in [5, 5.41) is 5.86. The van der Waals surface area contributed by atoms with Gasteiger partial charge in [0.1, 0.15) is 12.4 Å². The first-order chi connectivity index (χ1) is 12.6. The number of ether oxygens (including phenoxy) is 1. The molecule has 0 saturated heterocycles. The Morgan fingerprint density at radius 1 is 1.27 bits per heavy atom. The number of hydrogen-bond donors (Lipinski definition) is 1. The van der Waals surface area contributed by atoms with Crippen molar-refractivity contribution in [3.8, 4) is 5.75 Å². The summed E-state index contributed by atoms with van der Waals surface area (Å²) in [6, 6.07) is 11.3. The molecule has 0 bridgehead atoms. The van der Waals surface area contributed by atoms with Crippen LogP contribution in [0.15, 0.2) is 47.9 Å². The Bertz CT molecular complexity index is 900. The standard InChI is InChI=1S/C19H17ClN2O2S2/c1-13-22-15(12-25-13)11-24-16-5-2-14(3-6-16)4-9-19(23)21-10-17-7-8-18(20)26-17/h2-9,12H,10-11H2,1H3,(H,21,23)/b9-4+. The molecule has 0 spiro atoms. The minimum atomic E-state index is -0.145. The highest BCUT2D eigenvalue weighted by Crippen LogP contribution is 2.21. The zero-order valence-corrected chi connectivity index (χ0v) is 16.5. The number of thiazole rings is 1. The maximum Gasteiger partial charge on any atom is 0.244 e. The number of carbonyl (C=O) groups is 1. The van der Waals surface area contributed by atoms with Crippen molar-refractivity contribution >= 4 is 46.3 Å². The Labute approximate surface area is 165 Å². The van der Waals surface area contributed by atoms with Gasteiger partial charge in [0, 0.05) is 16.3 Å². The maximum atomic E-state index is 11.9. The Kier molecular flexibility index (Phi) is 6.44. The van der Waals surface area contributed by atoms with Crippen molar-refractivity contribution in [1.82, 2.24) is 10.3 Å². The van der Waals surface area contributed by atoms with Crippen LogP contribution in [0, 0.1) is 6.92 Å². The summed E-state index contributed by atoms with van der Waals surface area (Å²) in [6.45, 7) is 2.90. The summed E-state index contributed by atoms with van der Waals surface area (Å²) >= 11 is 8.94. The van der Waals surface area contributed by atoms with Gasteiger partial charge in [-0.2, -0.15) is 0 Å². The highest BCUT2D eigenvalue weighted by atomic mass is 35.5. The minimum Gasteiger partial charge on any atom is -0.487 e. The smallest absolute Gasteiger partial charge is 0.244 e. The van der Waals surface area contributed by atoms with E-state index < -0.39 is 0 Å². The van der Waals surface area contributed by atoms with Gasteiger partial charge in [-0.15, -0.1) is 22.7 Å². The summed E-state index contributed by atoms with van der Waals surface area (Å²) in [6.07, 6.45) is 3.29. The van der Waals surface area contributed by atoms with E-state index in [1.165, 1.54) is 17.4 Å². The number of halogens is 1. The van der Waals surface area contributed by atoms with E-state index >= 15 is 0 Å². The number of nitrogens with one attached hydrogen (secondary N) is 1. The zero-order chi connectivity index (χ0) is 18.4. The van der Waals surface area contributed by atoms with Crippen LogP contribution in [0.5, 0.6) is 5.75 Å². The predicted molar refractivity (Wildman–Crippen MR) is 108 cm³/mol. The van der Waals surface area contributed by atoms with Gasteiger partial charge in [0.15, 0.2) is 0 Å². The van der Waals surface area contributed by atoms with Crippen molar-refractivity contribution in [3.05, 3.63) is 73.3 Å². The van der Waals surface area contributed by atoms with Crippen LogP contribution in [0.25, 0.3) is 6.08 Å². The van der Waals surface area contributed by atoms with E-state index in [0.717, 1.165) is 31.2 Å². The molecule has 0 atom stereocenters. The van der Waals surface area contributed by atoms with Gasteiger partial charge in [0.2, 0.25) is 5.91 Å². The van der Waals surface area contributed by atoms with E-state index in [0.29, 0.717) is 13.2 Å². The van der Waals surface area contributed by atoms with Crippen molar-refractivity contribution in [2.75, 3.05) is 0 Å². The average molecular weight is 405 g/mol. The van der Waals surface area contributed by atoms with Gasteiger partial charge in [0.25, 0.3) is 0 Å². The molecule has 134 valence electrons. The quantitative estimate of drug-likeness (QED) is 0.559. The Morgan fingerprint density at radius 2 is 2.08 bits per heavy atom. The molecule has 1 amide bonds. The molecular weight excluding hydrogens is 388 g/mol. The normalized spacial score (nSPS) is 11.0. The molecular formula is C19H17ClN2O2S2. The number of rotatable bonds is 7. The summed E-state index contributed by atoms with van der Waals surface area (Å²) < 4.78 is 6.43. The molecule has 0 aliphatic heterocycles. The van der Waals surface area contributed by atoms with Crippen molar-refractivity contribution in [2.24, 2.45) is 0 Å². The second kappa shape index (κ2) is 8.98. The summed E-state index contributed by atoms with van der Waals surface area (Å²) in [5.41, 5.74) is 1.86. The fraction of sp³-hybridized carbons (Fsp3) is 0.158. The summed E-state index contributed by atoms with van der Waals surface area (Å²) in [5.74, 6) is 0.626. The van der Waals surface area contributed by atoms with Crippen LogP contribution in [0.2, 0.25) is 4.34 Å². The second-order valence-electron chi connectivity index (χ2n) is 5.47. The van der Waals surface area contributed by atoms with Crippen LogP contribution in [-0.4, -0.2) is 10.9 Å². The Morgan fingerprint density at radius 3 is 2.73 bits per heavy atom. The molecule has 2 aromatic heterocycles. The molecule has 1 N–H and O–H groups in total. The molecule has 1 aromatic carbocycles. The number of hydrogen-bond acceptors (Lipinski definition) is 5. The molecule has 7 heteroatoms. The first-order valence-electron chi connectivity index (χ1n) is 7.92. The van der Waals surface area contributed by atoms with Gasteiger partial charge < -0.3 is 10.1 Å². The molecule has 0 radical (unpaired) electrons. The molecule has 0 aliphatic carbocycles. The van der Waals surface area contributed by atoms with Gasteiger partial charge in [0.05, 0.1) is 21.6 Å². The van der Waals surface area contributed by atoms with Crippen molar-refractivity contribution in [1.29, 1.82) is 0 Å². The molecule has 26 heavy (non-hydrogen) atoms. The third-order valence-corrected chi connectivity index (χ3v) is 5.48. The molecule has 2 heterocycles. The molecule has 0 unspecified atom stereocenters. The number of amides is 1. The van der Waals surface area contributed by atoms with E-state index in [9.17, 15) is 4.79 Å². The van der Waals surface area contributed by atoms with Crippen LogP contribution >= 0.6 is 34.3 Å². The topological polar surface area (TPSA) is 51.2 Å². The lowest BCUT2D eigenvalue weighted by Crippen LogP contribution is -2.19. The predicted octanol–water partition coefficient (Wildman–Crippen LogP) is 5.08. The molecule has 3 aromatic rings. The van der Waals surface area contributed by atoms with E-state index in [2.05, 4.69) is 10.3 Å². The van der Waals surface area contributed by atoms with Crippen LogP contribution in [-0.2, 0) is 17.9 Å². The molecule has 0 aliphatic rings. The lowest BCUT2D eigenvalue weighted by atomic mass is 10.2. The van der Waals surface area contributed by atoms with Crippen LogP contribution < -0.4 is 10.1 Å². The lowest BCUT2D eigenvalue weighted by Gasteiger charge is -2.04. The number of aromatic nitrogens is 1. The van der Waals surface area contributed by atoms with Crippen molar-refractivity contribution in [2.45, 2.75) is 20.1 Å². The SMILES string of the molecule is Cc1nc(COc2ccc(/C=C/C(=O)NCc3ccc(Cl)s3)cc2)cs1. The van der Waals surface area contributed by atoms with Crippen molar-refractivity contribution in [3.63, 3.8) is 0 Å². The zero-order valence-electron chi connectivity index (χ0n) is 14.1. The highest BCUT2D eigenvalue weighted by Gasteiger charge is 2.01. The third-order valence-electron chi connectivity index (χ3n) is 3.43. The fourth-order valence-corrected chi connectivity index (χ4v) is 3.78. The Balaban J connectivity index is 1.46. The van der Waals surface area contributed by atoms with E-state index in [-0.39, 0.29) is 5.91 Å². The maximum absolute atomic E-state index is 11.9. The molecule has 0 fully saturated rings. The van der Waals surface area contributed by atoms with Crippen LogP contribution in [0.4, 0.5) is 0 Å². The first kappa shape index (κ1) is 18.6. The number of aryl methyl sites for hydroxylation is 1. The summed E-state index contributed by atoms with van der Waals surface area (Å²) in [7, 11) is 0. The Hall–Kier alpha value is -2.15. The van der Waals surface area contributed by atoms with Gasteiger partial charge in [-0.05, 0) is 42.8 Å². The van der Waals surface area contributed by atoms with E-state index in [1.807, 2.05) is 48.7 Å². The van der Waals surface area contributed by atoms with Crippen LogP contribution in [0.3, 0.4) is 0 Å². The second-order valence-corrected chi connectivity index (χ2v) is 8.33. The minimum absolute atomic E-state index is 0.145. The van der Waals surface area contributed by atoms with E-state index in [4.69, 9.17) is 16.3 Å². The van der Waals surface area contributed by atoms with Gasteiger partial charge in [-0.25, -0.2) is 4.98 Å². The monoisotopic (exact) mass is 404 g/mol. The number of thiophene rings is 1. The number of nitrogens with zero attached hydrogens (tertiary/aromatic N) is 1. The molecule has 3 rings (SSSR count).